The molecule has 6 heteroatoms. The molecule has 21 heavy (non-hydrogen) atoms. The minimum atomic E-state index is -0.352. The highest BCUT2D eigenvalue weighted by molar-refractivity contribution is 5.90. The Kier molecular flexibility index (Phi) is 4.88. The van der Waals surface area contributed by atoms with Crippen LogP contribution in [0, 0.1) is 12.3 Å². The first-order chi connectivity index (χ1) is 9.96. The maximum atomic E-state index is 12.0. The van der Waals surface area contributed by atoms with Gasteiger partial charge in [0.15, 0.2) is 5.76 Å². The number of hydrogen-bond donors (Lipinski definition) is 3. The number of amides is 2. The second-order valence-corrected chi connectivity index (χ2v) is 6.14. The lowest BCUT2D eigenvalue weighted by Crippen LogP contribution is -2.46. The molecule has 1 aliphatic carbocycles. The molecule has 0 aromatic carbocycles. The third kappa shape index (κ3) is 3.56. The van der Waals surface area contributed by atoms with Gasteiger partial charge in [0.25, 0.3) is 0 Å². The van der Waals surface area contributed by atoms with Crippen LogP contribution in [0.1, 0.15) is 51.0 Å². The summed E-state index contributed by atoms with van der Waals surface area (Å²) in [4.78, 5) is 12.0. The third-order valence-corrected chi connectivity index (χ3v) is 4.44. The first-order valence-electron chi connectivity index (χ1n) is 7.64. The number of urea groups is 1. The van der Waals surface area contributed by atoms with Gasteiger partial charge in [0, 0.05) is 12.0 Å². The fraction of sp³-hybridized carbons (Fsp3) is 0.733. The second-order valence-electron chi connectivity index (χ2n) is 6.14. The van der Waals surface area contributed by atoms with Crippen LogP contribution in [0.5, 0.6) is 0 Å². The topological polar surface area (TPSA) is 87.4 Å². The Morgan fingerprint density at radius 3 is 2.95 bits per heavy atom. The molecule has 0 bridgehead atoms. The van der Waals surface area contributed by atoms with E-state index in [4.69, 9.17) is 4.52 Å². The molecule has 0 saturated heterocycles. The molecule has 118 valence electrons. The smallest absolute Gasteiger partial charge is 0.319 e. The number of hydrogen-bond acceptors (Lipinski definition) is 4. The largest absolute Gasteiger partial charge is 0.392 e. The van der Waals surface area contributed by atoms with E-state index in [0.717, 1.165) is 31.4 Å². The van der Waals surface area contributed by atoms with Gasteiger partial charge >= 0.3 is 6.03 Å². The van der Waals surface area contributed by atoms with Crippen LogP contribution in [-0.4, -0.2) is 28.9 Å². The molecular weight excluding hydrogens is 270 g/mol. The van der Waals surface area contributed by atoms with Crippen LogP contribution in [0.15, 0.2) is 4.52 Å². The number of anilines is 1. The van der Waals surface area contributed by atoms with Gasteiger partial charge in [-0.05, 0) is 26.2 Å². The minimum absolute atomic E-state index is 0.243. The zero-order chi connectivity index (χ0) is 15.5. The summed E-state index contributed by atoms with van der Waals surface area (Å²) in [7, 11) is 0. The molecule has 1 fully saturated rings. The first-order valence-corrected chi connectivity index (χ1v) is 7.64. The maximum Gasteiger partial charge on any atom is 0.319 e. The molecule has 1 aromatic heterocycles. The molecule has 1 aromatic rings. The summed E-state index contributed by atoms with van der Waals surface area (Å²) < 4.78 is 5.09. The highest BCUT2D eigenvalue weighted by Crippen LogP contribution is 2.35. The number of aromatic nitrogens is 1. The van der Waals surface area contributed by atoms with Crippen LogP contribution in [-0.2, 0) is 6.42 Å². The van der Waals surface area contributed by atoms with Crippen LogP contribution < -0.4 is 10.6 Å². The molecule has 0 radical (unpaired) electrons. The Hall–Kier alpha value is -1.56. The molecule has 2 atom stereocenters. The fourth-order valence-electron chi connectivity index (χ4n) is 2.85. The van der Waals surface area contributed by atoms with Crippen LogP contribution in [0.3, 0.4) is 0 Å². The summed E-state index contributed by atoms with van der Waals surface area (Å²) in [6.07, 6.45) is 4.24. The number of aryl methyl sites for hydroxylation is 2. The predicted molar refractivity (Wildman–Crippen MR) is 80.2 cm³/mol. The van der Waals surface area contributed by atoms with Crippen molar-refractivity contribution in [1.82, 2.24) is 10.5 Å². The van der Waals surface area contributed by atoms with Crippen LogP contribution >= 0.6 is 0 Å². The molecule has 2 amide bonds. The number of carbonyl (C=O) groups excluding carboxylic acids is 1. The summed E-state index contributed by atoms with van der Waals surface area (Å²) in [5, 5.41) is 19.7. The van der Waals surface area contributed by atoms with Crippen molar-refractivity contribution >= 4 is 11.7 Å². The van der Waals surface area contributed by atoms with E-state index in [2.05, 4.69) is 15.8 Å². The number of carbonyl (C=O) groups is 1. The number of aliphatic hydroxyl groups is 1. The SMILES string of the molecule is CCc1noc(C)c1NC(=O)NCC1(C)CCCCC1O. The quantitative estimate of drug-likeness (QED) is 0.796. The molecule has 3 N–H and O–H groups in total. The molecular formula is C15H25N3O3. The monoisotopic (exact) mass is 295 g/mol. The summed E-state index contributed by atoms with van der Waals surface area (Å²) in [5.41, 5.74) is 1.14. The molecule has 2 unspecified atom stereocenters. The number of nitrogens with zero attached hydrogens (tertiary/aromatic N) is 1. The molecule has 1 aliphatic rings. The normalized spacial score (nSPS) is 25.6. The standard InChI is InChI=1S/C15H25N3O3/c1-4-11-13(10(2)21-18-11)17-14(20)16-9-15(3)8-6-5-7-12(15)19/h12,19H,4-9H2,1-3H3,(H2,16,17,20). The van der Waals surface area contributed by atoms with Gasteiger partial charge in [-0.15, -0.1) is 0 Å². The minimum Gasteiger partial charge on any atom is -0.392 e. The van der Waals surface area contributed by atoms with Gasteiger partial charge in [-0.3, -0.25) is 0 Å². The zero-order valence-corrected chi connectivity index (χ0v) is 13.0. The van der Waals surface area contributed by atoms with E-state index in [0.29, 0.717) is 24.4 Å². The predicted octanol–water partition coefficient (Wildman–Crippen LogP) is 2.61. The third-order valence-electron chi connectivity index (χ3n) is 4.44. The Morgan fingerprint density at radius 2 is 2.29 bits per heavy atom. The lowest BCUT2D eigenvalue weighted by molar-refractivity contribution is 0.00333. The van der Waals surface area contributed by atoms with Gasteiger partial charge in [-0.1, -0.05) is 31.8 Å². The highest BCUT2D eigenvalue weighted by atomic mass is 16.5. The van der Waals surface area contributed by atoms with Crippen molar-refractivity contribution in [3.8, 4) is 0 Å². The molecule has 0 aliphatic heterocycles. The van der Waals surface area contributed by atoms with Crippen molar-refractivity contribution in [2.45, 2.75) is 59.0 Å². The van der Waals surface area contributed by atoms with Crippen molar-refractivity contribution in [2.24, 2.45) is 5.41 Å². The Balaban J connectivity index is 1.91. The van der Waals surface area contributed by atoms with Gasteiger partial charge in [-0.25, -0.2) is 4.79 Å². The average molecular weight is 295 g/mol. The van der Waals surface area contributed by atoms with E-state index in [9.17, 15) is 9.90 Å². The van der Waals surface area contributed by atoms with Gasteiger partial charge in [0.1, 0.15) is 11.4 Å². The molecule has 0 spiro atoms. The average Bonchev–Trinajstić information content (AvgIpc) is 2.81. The van der Waals surface area contributed by atoms with E-state index >= 15 is 0 Å². The van der Waals surface area contributed by atoms with Crippen LogP contribution in [0.4, 0.5) is 10.5 Å². The fourth-order valence-corrected chi connectivity index (χ4v) is 2.85. The molecule has 6 nitrogen and oxygen atoms in total. The summed E-state index contributed by atoms with van der Waals surface area (Å²) in [6.45, 7) is 6.22. The number of rotatable bonds is 4. The number of aliphatic hydroxyl groups excluding tert-OH is 1. The maximum absolute atomic E-state index is 12.0. The van der Waals surface area contributed by atoms with E-state index in [-0.39, 0.29) is 17.6 Å². The van der Waals surface area contributed by atoms with Crippen LogP contribution in [0.25, 0.3) is 0 Å². The molecule has 2 rings (SSSR count). The number of nitrogens with one attached hydrogen (secondary N) is 2. The van der Waals surface area contributed by atoms with E-state index in [1.54, 1.807) is 6.92 Å². The second kappa shape index (κ2) is 6.47. The Bertz CT molecular complexity index is 500. The Morgan fingerprint density at radius 1 is 1.52 bits per heavy atom. The van der Waals surface area contributed by atoms with Crippen molar-refractivity contribution in [3.05, 3.63) is 11.5 Å². The molecule has 1 heterocycles. The van der Waals surface area contributed by atoms with E-state index in [1.165, 1.54) is 0 Å². The zero-order valence-electron chi connectivity index (χ0n) is 13.0. The van der Waals surface area contributed by atoms with Crippen molar-refractivity contribution in [3.63, 3.8) is 0 Å². The first kappa shape index (κ1) is 15.8. The van der Waals surface area contributed by atoms with Crippen molar-refractivity contribution < 1.29 is 14.4 Å². The Labute approximate surface area is 125 Å². The lowest BCUT2D eigenvalue weighted by atomic mass is 9.73. The summed E-state index contributed by atoms with van der Waals surface area (Å²) in [5.74, 6) is 0.603. The lowest BCUT2D eigenvalue weighted by Gasteiger charge is -2.38. The van der Waals surface area contributed by atoms with Crippen LogP contribution in [0.2, 0.25) is 0 Å². The van der Waals surface area contributed by atoms with Gasteiger partial charge < -0.3 is 20.3 Å². The van der Waals surface area contributed by atoms with Gasteiger partial charge in [0.05, 0.1) is 6.10 Å². The van der Waals surface area contributed by atoms with E-state index in [1.807, 2.05) is 13.8 Å². The van der Waals surface area contributed by atoms with E-state index < -0.39 is 0 Å². The van der Waals surface area contributed by atoms with Crippen molar-refractivity contribution in [1.29, 1.82) is 0 Å². The van der Waals surface area contributed by atoms with Gasteiger partial charge in [-0.2, -0.15) is 0 Å². The highest BCUT2D eigenvalue weighted by Gasteiger charge is 2.35. The molecule has 1 saturated carbocycles. The summed E-state index contributed by atoms with van der Waals surface area (Å²) >= 11 is 0. The summed E-state index contributed by atoms with van der Waals surface area (Å²) in [6, 6.07) is -0.282. The van der Waals surface area contributed by atoms with Crippen molar-refractivity contribution in [2.75, 3.05) is 11.9 Å². The van der Waals surface area contributed by atoms with Gasteiger partial charge in [0.2, 0.25) is 0 Å².